The van der Waals surface area contributed by atoms with Crippen LogP contribution in [0.15, 0.2) is 40.9 Å². The molecule has 0 radical (unpaired) electrons. The van der Waals surface area contributed by atoms with Gasteiger partial charge >= 0.3 is 0 Å². The van der Waals surface area contributed by atoms with Crippen LogP contribution in [0.5, 0.6) is 5.75 Å². The number of ether oxygens (including phenoxy) is 1. The molecule has 2 aromatic carbocycles. The third kappa shape index (κ3) is 2.99. The molecule has 2 rings (SSSR count). The van der Waals surface area contributed by atoms with Crippen molar-refractivity contribution in [2.45, 2.75) is 20.0 Å². The van der Waals surface area contributed by atoms with E-state index in [-0.39, 0.29) is 0 Å². The minimum absolute atomic E-state index is 0.624. The lowest BCUT2D eigenvalue weighted by molar-refractivity contribution is 0.220. The van der Waals surface area contributed by atoms with Crippen molar-refractivity contribution in [3.8, 4) is 5.75 Å². The summed E-state index contributed by atoms with van der Waals surface area (Å²) in [5.41, 5.74) is 3.82. The van der Waals surface area contributed by atoms with Crippen LogP contribution in [0.4, 0.5) is 0 Å². The Morgan fingerprint density at radius 2 is 1.68 bits per heavy atom. The molecule has 0 aliphatic rings. The van der Waals surface area contributed by atoms with Crippen molar-refractivity contribution in [1.29, 1.82) is 0 Å². The van der Waals surface area contributed by atoms with Crippen LogP contribution in [-0.2, 0) is 0 Å². The van der Waals surface area contributed by atoms with Gasteiger partial charge in [-0.25, -0.2) is 0 Å². The largest absolute Gasteiger partial charge is 0.496 e. The van der Waals surface area contributed by atoms with Gasteiger partial charge in [0, 0.05) is 4.47 Å². The van der Waals surface area contributed by atoms with Crippen LogP contribution in [0.25, 0.3) is 0 Å². The smallest absolute Gasteiger partial charge is 0.124 e. The summed E-state index contributed by atoms with van der Waals surface area (Å²) >= 11 is 3.42. The quantitative estimate of drug-likeness (QED) is 0.920. The second-order valence-corrected chi connectivity index (χ2v) is 5.56. The van der Waals surface area contributed by atoms with Gasteiger partial charge in [0.05, 0.1) is 7.11 Å². The Morgan fingerprint density at radius 1 is 1.05 bits per heavy atom. The van der Waals surface area contributed by atoms with E-state index in [1.165, 1.54) is 0 Å². The first-order valence-corrected chi connectivity index (χ1v) is 6.91. The van der Waals surface area contributed by atoms with E-state index in [9.17, 15) is 5.11 Å². The molecule has 0 amide bonds. The third-order valence-corrected chi connectivity index (χ3v) is 3.66. The number of hydrogen-bond donors (Lipinski definition) is 1. The van der Waals surface area contributed by atoms with Gasteiger partial charge < -0.3 is 9.84 Å². The Morgan fingerprint density at radius 3 is 2.21 bits per heavy atom. The zero-order valence-corrected chi connectivity index (χ0v) is 12.9. The zero-order valence-electron chi connectivity index (χ0n) is 11.3. The topological polar surface area (TPSA) is 29.5 Å². The number of aryl methyl sites for hydroxylation is 2. The molecule has 19 heavy (non-hydrogen) atoms. The Hall–Kier alpha value is -1.32. The van der Waals surface area contributed by atoms with E-state index in [1.54, 1.807) is 7.11 Å². The molecule has 2 nitrogen and oxygen atoms in total. The van der Waals surface area contributed by atoms with Gasteiger partial charge in [0.2, 0.25) is 0 Å². The minimum Gasteiger partial charge on any atom is -0.496 e. The molecule has 0 aliphatic heterocycles. The van der Waals surface area contributed by atoms with E-state index in [2.05, 4.69) is 15.9 Å². The summed E-state index contributed by atoms with van der Waals surface area (Å²) in [6.45, 7) is 3.98. The van der Waals surface area contributed by atoms with E-state index >= 15 is 0 Å². The van der Waals surface area contributed by atoms with Gasteiger partial charge in [0.25, 0.3) is 0 Å². The molecule has 0 saturated heterocycles. The average molecular weight is 321 g/mol. The molecular formula is C16H17BrO2. The maximum absolute atomic E-state index is 10.5. The van der Waals surface area contributed by atoms with Crippen LogP contribution in [0.2, 0.25) is 0 Å². The van der Waals surface area contributed by atoms with Gasteiger partial charge in [-0.1, -0.05) is 28.1 Å². The van der Waals surface area contributed by atoms with E-state index < -0.39 is 6.10 Å². The minimum atomic E-state index is -0.624. The van der Waals surface area contributed by atoms with Crippen molar-refractivity contribution in [3.05, 3.63) is 63.1 Å². The normalized spacial score (nSPS) is 12.3. The maximum Gasteiger partial charge on any atom is 0.124 e. The fraction of sp³-hybridized carbons (Fsp3) is 0.250. The van der Waals surface area contributed by atoms with Crippen molar-refractivity contribution in [2.24, 2.45) is 0 Å². The summed E-state index contributed by atoms with van der Waals surface area (Å²) in [6, 6.07) is 11.7. The molecule has 1 atom stereocenters. The maximum atomic E-state index is 10.5. The fourth-order valence-corrected chi connectivity index (χ4v) is 2.75. The first-order valence-electron chi connectivity index (χ1n) is 6.11. The van der Waals surface area contributed by atoms with Crippen molar-refractivity contribution < 1.29 is 9.84 Å². The predicted molar refractivity (Wildman–Crippen MR) is 80.7 cm³/mol. The van der Waals surface area contributed by atoms with E-state index in [4.69, 9.17) is 4.74 Å². The number of hydrogen-bond acceptors (Lipinski definition) is 2. The number of halogens is 1. The van der Waals surface area contributed by atoms with Crippen LogP contribution < -0.4 is 4.74 Å². The molecule has 0 aliphatic carbocycles. The van der Waals surface area contributed by atoms with Crippen LogP contribution in [0, 0.1) is 13.8 Å². The molecule has 2 aromatic rings. The van der Waals surface area contributed by atoms with Gasteiger partial charge in [-0.2, -0.15) is 0 Å². The summed E-state index contributed by atoms with van der Waals surface area (Å²) in [4.78, 5) is 0. The molecule has 3 heteroatoms. The van der Waals surface area contributed by atoms with Gasteiger partial charge in [-0.3, -0.25) is 0 Å². The number of aliphatic hydroxyl groups excluding tert-OH is 1. The lowest BCUT2D eigenvalue weighted by atomic mass is 9.97. The summed E-state index contributed by atoms with van der Waals surface area (Å²) in [5.74, 6) is 0.880. The molecule has 0 bridgehead atoms. The van der Waals surface area contributed by atoms with Crippen molar-refractivity contribution in [2.75, 3.05) is 7.11 Å². The Bertz CT molecular complexity index is 570. The summed E-state index contributed by atoms with van der Waals surface area (Å²) in [6.07, 6.45) is -0.624. The first-order chi connectivity index (χ1) is 9.02. The van der Waals surface area contributed by atoms with Crippen molar-refractivity contribution >= 4 is 15.9 Å². The van der Waals surface area contributed by atoms with Crippen molar-refractivity contribution in [1.82, 2.24) is 0 Å². The molecule has 100 valence electrons. The van der Waals surface area contributed by atoms with Crippen LogP contribution in [0.3, 0.4) is 0 Å². The van der Waals surface area contributed by atoms with Crippen LogP contribution >= 0.6 is 15.9 Å². The number of methoxy groups -OCH3 is 1. The Labute approximate surface area is 122 Å². The number of benzene rings is 2. The first kappa shape index (κ1) is 14.1. The highest BCUT2D eigenvalue weighted by Gasteiger charge is 2.14. The van der Waals surface area contributed by atoms with Crippen LogP contribution in [0.1, 0.15) is 28.4 Å². The summed E-state index contributed by atoms with van der Waals surface area (Å²) < 4.78 is 6.31. The van der Waals surface area contributed by atoms with E-state index in [1.807, 2.05) is 50.2 Å². The standard InChI is InChI=1S/C16H17BrO2/c1-10-7-13(8-11(2)16(10)19-3)15(18)12-5-4-6-14(17)9-12/h4-9,15,18H,1-3H3/t15-/m1/s1. The highest BCUT2D eigenvalue weighted by Crippen LogP contribution is 2.30. The second-order valence-electron chi connectivity index (χ2n) is 4.65. The van der Waals surface area contributed by atoms with E-state index in [0.29, 0.717) is 0 Å². The molecular weight excluding hydrogens is 304 g/mol. The van der Waals surface area contributed by atoms with Gasteiger partial charge in [0.1, 0.15) is 11.9 Å². The van der Waals surface area contributed by atoms with Gasteiger partial charge in [0.15, 0.2) is 0 Å². The van der Waals surface area contributed by atoms with Crippen LogP contribution in [-0.4, -0.2) is 12.2 Å². The molecule has 0 saturated carbocycles. The molecule has 0 heterocycles. The SMILES string of the molecule is COc1c(C)cc([C@H](O)c2cccc(Br)c2)cc1C. The van der Waals surface area contributed by atoms with Gasteiger partial charge in [-0.15, -0.1) is 0 Å². The highest BCUT2D eigenvalue weighted by atomic mass is 79.9. The summed E-state index contributed by atoms with van der Waals surface area (Å²) in [7, 11) is 1.67. The average Bonchev–Trinajstić information content (AvgIpc) is 2.37. The van der Waals surface area contributed by atoms with Crippen molar-refractivity contribution in [3.63, 3.8) is 0 Å². The monoisotopic (exact) mass is 320 g/mol. The summed E-state index contributed by atoms with van der Waals surface area (Å²) in [5, 5.41) is 10.5. The molecule has 1 N–H and O–H groups in total. The molecule has 0 spiro atoms. The Balaban J connectivity index is 2.42. The predicted octanol–water partition coefficient (Wildman–Crippen LogP) is 4.16. The van der Waals surface area contributed by atoms with Gasteiger partial charge in [-0.05, 0) is 60.4 Å². The zero-order chi connectivity index (χ0) is 14.0. The fourth-order valence-electron chi connectivity index (χ4n) is 2.33. The molecule has 0 unspecified atom stereocenters. The van der Waals surface area contributed by atoms with E-state index in [0.717, 1.165) is 32.5 Å². The number of aliphatic hydroxyl groups is 1. The third-order valence-electron chi connectivity index (χ3n) is 3.17. The molecule has 0 aromatic heterocycles. The number of rotatable bonds is 3. The highest BCUT2D eigenvalue weighted by molar-refractivity contribution is 9.10. The lowest BCUT2D eigenvalue weighted by Crippen LogP contribution is -2.02. The second kappa shape index (κ2) is 5.76. The lowest BCUT2D eigenvalue weighted by Gasteiger charge is -2.16. The Kier molecular flexibility index (Phi) is 4.27. The molecule has 0 fully saturated rings.